The average molecular weight is 329 g/mol. The maximum absolute atomic E-state index is 11.2. The molecular formula is C14H11N5O5. The van der Waals surface area contributed by atoms with Crippen LogP contribution in [0, 0.1) is 10.1 Å². The minimum Gasteiger partial charge on any atom is -0.455 e. The first-order valence-corrected chi connectivity index (χ1v) is 6.68. The van der Waals surface area contributed by atoms with E-state index in [0.717, 1.165) is 0 Å². The van der Waals surface area contributed by atoms with Crippen molar-refractivity contribution in [3.63, 3.8) is 0 Å². The number of imidazole rings is 1. The Morgan fingerprint density at radius 3 is 2.92 bits per heavy atom. The standard InChI is InChI=1S/C14H11N5O5/c1-23-14(20)18-13-16-11-6-10(7-15-12(11)17-13)24-9-4-2-3-8(5-9)19(21)22/h2-7H,1H3,(H2,15,16,17,18,20). The molecule has 0 saturated heterocycles. The summed E-state index contributed by atoms with van der Waals surface area (Å²) < 4.78 is 10.0. The molecule has 10 nitrogen and oxygen atoms in total. The Kier molecular flexibility index (Phi) is 3.93. The molecule has 10 heteroatoms. The molecule has 24 heavy (non-hydrogen) atoms. The van der Waals surface area contributed by atoms with Gasteiger partial charge in [0.15, 0.2) is 5.65 Å². The second-order valence-corrected chi connectivity index (χ2v) is 4.60. The van der Waals surface area contributed by atoms with Crippen LogP contribution in [0.1, 0.15) is 0 Å². The molecule has 1 amide bonds. The van der Waals surface area contributed by atoms with Gasteiger partial charge in [-0.15, -0.1) is 0 Å². The van der Waals surface area contributed by atoms with Crippen molar-refractivity contribution in [1.29, 1.82) is 0 Å². The number of aromatic nitrogens is 3. The van der Waals surface area contributed by atoms with Crippen LogP contribution in [0.15, 0.2) is 36.5 Å². The number of carbonyl (C=O) groups excluding carboxylic acids is 1. The Bertz CT molecular complexity index is 923. The van der Waals surface area contributed by atoms with E-state index in [2.05, 4.69) is 25.0 Å². The van der Waals surface area contributed by atoms with Crippen LogP contribution < -0.4 is 10.1 Å². The molecule has 0 atom stereocenters. The van der Waals surface area contributed by atoms with Crippen molar-refractivity contribution in [2.45, 2.75) is 0 Å². The number of ether oxygens (including phenoxy) is 2. The van der Waals surface area contributed by atoms with Crippen molar-refractivity contribution in [3.8, 4) is 11.5 Å². The van der Waals surface area contributed by atoms with Crippen LogP contribution in [0.2, 0.25) is 0 Å². The third-order valence-corrected chi connectivity index (χ3v) is 2.98. The molecule has 2 heterocycles. The third-order valence-electron chi connectivity index (χ3n) is 2.98. The number of hydrogen-bond donors (Lipinski definition) is 2. The van der Waals surface area contributed by atoms with E-state index in [-0.39, 0.29) is 11.6 Å². The van der Waals surface area contributed by atoms with Crippen LogP contribution in [0.4, 0.5) is 16.4 Å². The molecule has 0 spiro atoms. The minimum atomic E-state index is -0.665. The van der Waals surface area contributed by atoms with E-state index >= 15 is 0 Å². The number of carbonyl (C=O) groups is 1. The number of aromatic amines is 1. The van der Waals surface area contributed by atoms with E-state index in [4.69, 9.17) is 4.74 Å². The van der Waals surface area contributed by atoms with Gasteiger partial charge >= 0.3 is 6.09 Å². The average Bonchev–Trinajstić information content (AvgIpc) is 2.96. The lowest BCUT2D eigenvalue weighted by atomic mass is 10.3. The predicted octanol–water partition coefficient (Wildman–Crippen LogP) is 2.84. The van der Waals surface area contributed by atoms with E-state index in [1.807, 2.05) is 0 Å². The lowest BCUT2D eigenvalue weighted by molar-refractivity contribution is -0.384. The van der Waals surface area contributed by atoms with Gasteiger partial charge in [0.05, 0.1) is 29.8 Å². The Hall–Kier alpha value is -3.69. The number of amides is 1. The number of non-ortho nitro benzene ring substituents is 1. The fraction of sp³-hybridized carbons (Fsp3) is 0.0714. The van der Waals surface area contributed by atoms with Gasteiger partial charge in [0, 0.05) is 12.1 Å². The number of nitro groups is 1. The maximum Gasteiger partial charge on any atom is 0.413 e. The second-order valence-electron chi connectivity index (χ2n) is 4.60. The highest BCUT2D eigenvalue weighted by molar-refractivity contribution is 5.85. The fourth-order valence-corrected chi connectivity index (χ4v) is 1.94. The van der Waals surface area contributed by atoms with Gasteiger partial charge in [-0.2, -0.15) is 4.98 Å². The number of nitrogens with one attached hydrogen (secondary N) is 2. The molecule has 0 unspecified atom stereocenters. The number of nitrogens with zero attached hydrogens (tertiary/aromatic N) is 3. The molecule has 1 aromatic carbocycles. The highest BCUT2D eigenvalue weighted by Crippen LogP contribution is 2.26. The summed E-state index contributed by atoms with van der Waals surface area (Å²) in [6, 6.07) is 7.40. The third kappa shape index (κ3) is 3.21. The number of anilines is 1. The SMILES string of the molecule is COC(=O)Nc1nc2ncc(Oc3cccc([N+](=O)[O-])c3)cc2[nH]1. The summed E-state index contributed by atoms with van der Waals surface area (Å²) in [5.41, 5.74) is 0.810. The predicted molar refractivity (Wildman–Crippen MR) is 83.1 cm³/mol. The molecule has 122 valence electrons. The zero-order valence-corrected chi connectivity index (χ0v) is 12.3. The molecule has 0 aliphatic heterocycles. The number of methoxy groups -OCH3 is 1. The van der Waals surface area contributed by atoms with Gasteiger partial charge in [-0.05, 0) is 6.07 Å². The van der Waals surface area contributed by atoms with Crippen molar-refractivity contribution >= 4 is 28.9 Å². The summed E-state index contributed by atoms with van der Waals surface area (Å²) in [5.74, 6) is 0.839. The monoisotopic (exact) mass is 329 g/mol. The van der Waals surface area contributed by atoms with Crippen molar-refractivity contribution in [1.82, 2.24) is 15.0 Å². The second kappa shape index (κ2) is 6.20. The van der Waals surface area contributed by atoms with Crippen molar-refractivity contribution < 1.29 is 19.2 Å². The van der Waals surface area contributed by atoms with Crippen molar-refractivity contribution in [2.75, 3.05) is 12.4 Å². The first-order valence-electron chi connectivity index (χ1n) is 6.68. The number of hydrogen-bond acceptors (Lipinski definition) is 7. The maximum atomic E-state index is 11.2. The van der Waals surface area contributed by atoms with E-state index in [1.54, 1.807) is 12.1 Å². The normalized spacial score (nSPS) is 10.4. The minimum absolute atomic E-state index is 0.0763. The Morgan fingerprint density at radius 2 is 2.17 bits per heavy atom. The molecule has 0 aliphatic rings. The highest BCUT2D eigenvalue weighted by Gasteiger charge is 2.10. The van der Waals surface area contributed by atoms with Gasteiger partial charge in [0.2, 0.25) is 5.95 Å². The molecule has 3 rings (SSSR count). The summed E-state index contributed by atoms with van der Waals surface area (Å²) in [5, 5.41) is 13.2. The van der Waals surface area contributed by atoms with Crippen LogP contribution in [0.3, 0.4) is 0 Å². The van der Waals surface area contributed by atoms with E-state index in [1.165, 1.54) is 31.5 Å². The van der Waals surface area contributed by atoms with E-state index < -0.39 is 11.0 Å². The lowest BCUT2D eigenvalue weighted by Gasteiger charge is -2.04. The van der Waals surface area contributed by atoms with Crippen LogP contribution in [0.25, 0.3) is 11.2 Å². The summed E-state index contributed by atoms with van der Waals surface area (Å²) in [6.07, 6.45) is 0.756. The van der Waals surface area contributed by atoms with Gasteiger partial charge in [0.1, 0.15) is 11.5 Å². The van der Waals surface area contributed by atoms with E-state index in [0.29, 0.717) is 22.7 Å². The van der Waals surface area contributed by atoms with Gasteiger partial charge < -0.3 is 14.5 Å². The number of benzene rings is 1. The van der Waals surface area contributed by atoms with Crippen LogP contribution in [0.5, 0.6) is 11.5 Å². The molecule has 0 fully saturated rings. The molecular weight excluding hydrogens is 318 g/mol. The number of nitro benzene ring substituents is 1. The number of rotatable bonds is 4. The molecule has 2 N–H and O–H groups in total. The Balaban J connectivity index is 1.84. The van der Waals surface area contributed by atoms with Gasteiger partial charge in [-0.25, -0.2) is 9.78 Å². The highest BCUT2D eigenvalue weighted by atomic mass is 16.6. The van der Waals surface area contributed by atoms with Crippen LogP contribution in [-0.2, 0) is 4.74 Å². The summed E-state index contributed by atoms with van der Waals surface area (Å²) >= 11 is 0. The zero-order chi connectivity index (χ0) is 17.1. The fourth-order valence-electron chi connectivity index (χ4n) is 1.94. The topological polar surface area (TPSA) is 132 Å². The van der Waals surface area contributed by atoms with Crippen molar-refractivity contribution in [2.24, 2.45) is 0 Å². The Labute approximate surface area is 134 Å². The molecule has 3 aromatic rings. The number of H-pyrrole nitrogens is 1. The molecule has 0 aliphatic carbocycles. The quantitative estimate of drug-likeness (QED) is 0.555. The summed E-state index contributed by atoms with van der Waals surface area (Å²) in [7, 11) is 1.24. The van der Waals surface area contributed by atoms with Gasteiger partial charge in [-0.1, -0.05) is 6.07 Å². The molecule has 2 aromatic heterocycles. The summed E-state index contributed by atoms with van der Waals surface area (Å²) in [4.78, 5) is 32.4. The molecule has 0 radical (unpaired) electrons. The molecule has 0 bridgehead atoms. The largest absolute Gasteiger partial charge is 0.455 e. The van der Waals surface area contributed by atoms with Crippen LogP contribution >= 0.6 is 0 Å². The van der Waals surface area contributed by atoms with Gasteiger partial charge in [0.25, 0.3) is 5.69 Å². The number of pyridine rings is 1. The summed E-state index contributed by atoms with van der Waals surface area (Å²) in [6.45, 7) is 0. The van der Waals surface area contributed by atoms with Crippen molar-refractivity contribution in [3.05, 3.63) is 46.6 Å². The van der Waals surface area contributed by atoms with Gasteiger partial charge in [-0.3, -0.25) is 15.4 Å². The first-order chi connectivity index (χ1) is 11.5. The first kappa shape index (κ1) is 15.2. The van der Waals surface area contributed by atoms with Crippen LogP contribution in [-0.4, -0.2) is 33.1 Å². The van der Waals surface area contributed by atoms with E-state index in [9.17, 15) is 14.9 Å². The lowest BCUT2D eigenvalue weighted by Crippen LogP contribution is -2.11. The zero-order valence-electron chi connectivity index (χ0n) is 12.3. The number of fused-ring (bicyclic) bond motifs is 1. The Morgan fingerprint density at radius 1 is 1.33 bits per heavy atom. The molecule has 0 saturated carbocycles. The smallest absolute Gasteiger partial charge is 0.413 e.